The molecule has 0 saturated carbocycles. The maximum atomic E-state index is 12.5. The van der Waals surface area contributed by atoms with Crippen molar-refractivity contribution >= 4 is 23.2 Å². The molecule has 2 fully saturated rings. The van der Waals surface area contributed by atoms with E-state index in [9.17, 15) is 9.59 Å². The topological polar surface area (TPSA) is 61.9 Å². The molecule has 2 saturated heterocycles. The molecule has 2 amide bonds. The van der Waals surface area contributed by atoms with Gasteiger partial charge in [-0.05, 0) is 43.7 Å². The lowest BCUT2D eigenvalue weighted by Crippen LogP contribution is -2.51. The standard InChI is InChI=1S/C20H31N3O3S/c1-26-12-8-21-20(25)16-4-2-9-23(15-16)17-6-10-22(11-7-17)19(24)14-18-5-3-13-27-18/h3,5,13,16-17H,2,4,6-12,14-15H2,1H3,(H,21,25)/t16-/m1/s1. The van der Waals surface area contributed by atoms with Crippen LogP contribution in [0.25, 0.3) is 0 Å². The second kappa shape index (κ2) is 10.2. The van der Waals surface area contributed by atoms with Crippen molar-refractivity contribution in [3.8, 4) is 0 Å². The van der Waals surface area contributed by atoms with Gasteiger partial charge in [-0.25, -0.2) is 0 Å². The van der Waals surface area contributed by atoms with E-state index < -0.39 is 0 Å². The lowest BCUT2D eigenvalue weighted by atomic mass is 9.93. The number of nitrogens with one attached hydrogen (secondary N) is 1. The van der Waals surface area contributed by atoms with E-state index in [2.05, 4.69) is 10.2 Å². The summed E-state index contributed by atoms with van der Waals surface area (Å²) >= 11 is 1.65. The lowest BCUT2D eigenvalue weighted by molar-refractivity contribution is -0.132. The van der Waals surface area contributed by atoms with Crippen LogP contribution in [0.15, 0.2) is 17.5 Å². The molecule has 1 aromatic rings. The van der Waals surface area contributed by atoms with Gasteiger partial charge in [0.2, 0.25) is 11.8 Å². The van der Waals surface area contributed by atoms with E-state index in [0.29, 0.717) is 25.6 Å². The molecule has 1 N–H and O–H groups in total. The van der Waals surface area contributed by atoms with Gasteiger partial charge in [0.1, 0.15) is 0 Å². The summed E-state index contributed by atoms with van der Waals surface area (Å²) in [6.07, 6.45) is 4.57. The average Bonchev–Trinajstić information content (AvgIpc) is 3.21. The number of rotatable bonds is 7. The molecular weight excluding hydrogens is 362 g/mol. The third kappa shape index (κ3) is 5.77. The van der Waals surface area contributed by atoms with Gasteiger partial charge in [0.25, 0.3) is 0 Å². The van der Waals surface area contributed by atoms with Crippen LogP contribution in [0.4, 0.5) is 0 Å². The van der Waals surface area contributed by atoms with Crippen LogP contribution in [0.5, 0.6) is 0 Å². The van der Waals surface area contributed by atoms with Crippen LogP contribution in [-0.4, -0.2) is 74.1 Å². The quantitative estimate of drug-likeness (QED) is 0.717. The van der Waals surface area contributed by atoms with Crippen molar-refractivity contribution in [2.75, 3.05) is 46.4 Å². The minimum absolute atomic E-state index is 0.0779. The molecule has 0 aliphatic carbocycles. The molecule has 0 unspecified atom stereocenters. The van der Waals surface area contributed by atoms with E-state index in [-0.39, 0.29) is 17.7 Å². The highest BCUT2D eigenvalue weighted by molar-refractivity contribution is 7.10. The van der Waals surface area contributed by atoms with E-state index in [0.717, 1.165) is 56.7 Å². The normalized spacial score (nSPS) is 22.0. The molecule has 7 heteroatoms. The number of ether oxygens (including phenoxy) is 1. The minimum Gasteiger partial charge on any atom is -0.383 e. The van der Waals surface area contributed by atoms with Crippen molar-refractivity contribution in [2.24, 2.45) is 5.92 Å². The second-order valence-electron chi connectivity index (χ2n) is 7.49. The number of carbonyl (C=O) groups excluding carboxylic acids is 2. The van der Waals surface area contributed by atoms with Crippen LogP contribution >= 0.6 is 11.3 Å². The highest BCUT2D eigenvalue weighted by Gasteiger charge is 2.32. The summed E-state index contributed by atoms with van der Waals surface area (Å²) in [4.78, 5) is 30.4. The first-order chi connectivity index (χ1) is 13.2. The third-order valence-corrected chi connectivity index (χ3v) is 6.54. The van der Waals surface area contributed by atoms with Crippen molar-refractivity contribution in [1.82, 2.24) is 15.1 Å². The number of piperidine rings is 2. The van der Waals surface area contributed by atoms with Gasteiger partial charge in [0.05, 0.1) is 18.9 Å². The summed E-state index contributed by atoms with van der Waals surface area (Å²) < 4.78 is 5.00. The maximum absolute atomic E-state index is 12.5. The molecule has 6 nitrogen and oxygen atoms in total. The Bertz CT molecular complexity index is 600. The van der Waals surface area contributed by atoms with Gasteiger partial charge in [-0.15, -0.1) is 11.3 Å². The number of methoxy groups -OCH3 is 1. The summed E-state index contributed by atoms with van der Waals surface area (Å²) in [5.41, 5.74) is 0. The Morgan fingerprint density at radius 1 is 1.26 bits per heavy atom. The number of amides is 2. The number of likely N-dealkylation sites (tertiary alicyclic amines) is 2. The number of nitrogens with zero attached hydrogens (tertiary/aromatic N) is 2. The highest BCUT2D eigenvalue weighted by Crippen LogP contribution is 2.24. The van der Waals surface area contributed by atoms with Crippen LogP contribution in [0.2, 0.25) is 0 Å². The van der Waals surface area contributed by atoms with Gasteiger partial charge < -0.3 is 15.0 Å². The molecular formula is C20H31N3O3S. The molecule has 0 aromatic carbocycles. The van der Waals surface area contributed by atoms with Crippen molar-refractivity contribution < 1.29 is 14.3 Å². The fourth-order valence-electron chi connectivity index (χ4n) is 4.13. The zero-order chi connectivity index (χ0) is 19.1. The van der Waals surface area contributed by atoms with Crippen molar-refractivity contribution in [2.45, 2.75) is 38.1 Å². The monoisotopic (exact) mass is 393 g/mol. The van der Waals surface area contributed by atoms with Gasteiger partial charge in [0.15, 0.2) is 0 Å². The Morgan fingerprint density at radius 2 is 2.07 bits per heavy atom. The number of carbonyl (C=O) groups is 2. The summed E-state index contributed by atoms with van der Waals surface area (Å²) in [7, 11) is 1.64. The second-order valence-corrected chi connectivity index (χ2v) is 8.52. The Balaban J connectivity index is 1.43. The largest absolute Gasteiger partial charge is 0.383 e. The molecule has 1 aromatic heterocycles. The van der Waals surface area contributed by atoms with E-state index in [1.165, 1.54) is 0 Å². The van der Waals surface area contributed by atoms with Crippen molar-refractivity contribution in [3.63, 3.8) is 0 Å². The smallest absolute Gasteiger partial charge is 0.227 e. The zero-order valence-corrected chi connectivity index (χ0v) is 17.0. The van der Waals surface area contributed by atoms with Gasteiger partial charge in [-0.3, -0.25) is 14.5 Å². The van der Waals surface area contributed by atoms with Crippen LogP contribution in [0, 0.1) is 5.92 Å². The molecule has 2 aliphatic rings. The van der Waals surface area contributed by atoms with Crippen molar-refractivity contribution in [3.05, 3.63) is 22.4 Å². The van der Waals surface area contributed by atoms with Crippen LogP contribution in [0.1, 0.15) is 30.6 Å². The van der Waals surface area contributed by atoms with E-state index in [1.807, 2.05) is 22.4 Å². The van der Waals surface area contributed by atoms with E-state index in [4.69, 9.17) is 4.74 Å². The molecule has 0 bridgehead atoms. The predicted octanol–water partition coefficient (Wildman–Crippen LogP) is 1.76. The van der Waals surface area contributed by atoms with E-state index in [1.54, 1.807) is 18.4 Å². The molecule has 0 spiro atoms. The molecule has 27 heavy (non-hydrogen) atoms. The van der Waals surface area contributed by atoms with Gasteiger partial charge in [-0.2, -0.15) is 0 Å². The summed E-state index contributed by atoms with van der Waals surface area (Å²) in [6, 6.07) is 4.52. The molecule has 3 rings (SSSR count). The Hall–Kier alpha value is -1.44. The molecule has 2 aliphatic heterocycles. The Kier molecular flexibility index (Phi) is 7.67. The van der Waals surface area contributed by atoms with Crippen LogP contribution in [0.3, 0.4) is 0 Å². The van der Waals surface area contributed by atoms with Crippen LogP contribution in [-0.2, 0) is 20.7 Å². The average molecular weight is 394 g/mol. The molecule has 1 atom stereocenters. The van der Waals surface area contributed by atoms with Crippen molar-refractivity contribution in [1.29, 1.82) is 0 Å². The van der Waals surface area contributed by atoms with Gasteiger partial charge in [0, 0.05) is 44.2 Å². The first-order valence-corrected chi connectivity index (χ1v) is 10.9. The number of thiophene rings is 1. The molecule has 0 radical (unpaired) electrons. The lowest BCUT2D eigenvalue weighted by Gasteiger charge is -2.42. The first kappa shape index (κ1) is 20.3. The zero-order valence-electron chi connectivity index (χ0n) is 16.2. The summed E-state index contributed by atoms with van der Waals surface area (Å²) in [5.74, 6) is 0.472. The fourth-order valence-corrected chi connectivity index (χ4v) is 4.82. The summed E-state index contributed by atoms with van der Waals surface area (Å²) in [5, 5.41) is 5.00. The first-order valence-electron chi connectivity index (χ1n) is 9.98. The Morgan fingerprint density at radius 3 is 2.78 bits per heavy atom. The summed E-state index contributed by atoms with van der Waals surface area (Å²) in [6.45, 7) is 4.70. The molecule has 3 heterocycles. The van der Waals surface area contributed by atoms with Gasteiger partial charge >= 0.3 is 0 Å². The highest BCUT2D eigenvalue weighted by atomic mass is 32.1. The molecule has 150 valence electrons. The minimum atomic E-state index is 0.0779. The van der Waals surface area contributed by atoms with Crippen LogP contribution < -0.4 is 5.32 Å². The SMILES string of the molecule is COCCNC(=O)[C@@H]1CCCN(C2CCN(C(=O)Cc3cccs3)CC2)C1. The predicted molar refractivity (Wildman–Crippen MR) is 107 cm³/mol. The number of hydrogen-bond donors (Lipinski definition) is 1. The van der Waals surface area contributed by atoms with E-state index >= 15 is 0 Å². The fraction of sp³-hybridized carbons (Fsp3) is 0.700. The Labute approximate surface area is 165 Å². The maximum Gasteiger partial charge on any atom is 0.227 e. The third-order valence-electron chi connectivity index (χ3n) is 5.67. The number of hydrogen-bond acceptors (Lipinski definition) is 5. The van der Waals surface area contributed by atoms with Gasteiger partial charge in [-0.1, -0.05) is 6.07 Å².